The van der Waals surface area contributed by atoms with Gasteiger partial charge in [0.25, 0.3) is 0 Å². The molecule has 0 aliphatic rings. The number of pyridine rings is 1. The first-order valence-corrected chi connectivity index (χ1v) is 7.01. The fraction of sp³-hybridized carbons (Fsp3) is 0.455. The van der Waals surface area contributed by atoms with Gasteiger partial charge in [0.15, 0.2) is 0 Å². The molecule has 1 heterocycles. The Morgan fingerprint density at radius 2 is 2.28 bits per heavy atom. The molecular formula is C11H16N4O2S. The van der Waals surface area contributed by atoms with Gasteiger partial charge in [-0.05, 0) is 12.1 Å². The third-order valence-corrected chi connectivity index (χ3v) is 4.46. The zero-order valence-corrected chi connectivity index (χ0v) is 11.2. The minimum Gasteiger partial charge on any atom is -0.372 e. The summed E-state index contributed by atoms with van der Waals surface area (Å²) >= 11 is 0. The van der Waals surface area contributed by atoms with E-state index in [4.69, 9.17) is 5.26 Å². The number of hydrogen-bond donors (Lipinski definition) is 1. The lowest BCUT2D eigenvalue weighted by Gasteiger charge is -2.20. The van der Waals surface area contributed by atoms with Crippen LogP contribution in [0.25, 0.3) is 0 Å². The Kier molecular flexibility index (Phi) is 5.07. The molecule has 0 fully saturated rings. The Hall–Kier alpha value is -1.65. The maximum absolute atomic E-state index is 12.4. The molecule has 0 atom stereocenters. The number of rotatable bonds is 6. The molecule has 1 aromatic heterocycles. The molecule has 6 nitrogen and oxygen atoms in total. The molecule has 18 heavy (non-hydrogen) atoms. The highest BCUT2D eigenvalue weighted by Gasteiger charge is 2.25. The van der Waals surface area contributed by atoms with Crippen LogP contribution in [0, 0.1) is 11.3 Å². The predicted octanol–water partition coefficient (Wildman–Crippen LogP) is 1.05. The number of hydrogen-bond acceptors (Lipinski definition) is 5. The zero-order valence-electron chi connectivity index (χ0n) is 10.4. The lowest BCUT2D eigenvalue weighted by molar-refractivity contribution is 0.435. The molecular weight excluding hydrogens is 252 g/mol. The Bertz CT molecular complexity index is 536. The van der Waals surface area contributed by atoms with Gasteiger partial charge in [-0.15, -0.1) is 0 Å². The van der Waals surface area contributed by atoms with E-state index in [0.717, 1.165) is 0 Å². The summed E-state index contributed by atoms with van der Waals surface area (Å²) in [7, 11) is -1.99. The van der Waals surface area contributed by atoms with Gasteiger partial charge in [-0.2, -0.15) is 9.57 Å². The maximum Gasteiger partial charge on any atom is 0.246 e. The highest BCUT2D eigenvalue weighted by Crippen LogP contribution is 2.21. The molecule has 98 valence electrons. The van der Waals surface area contributed by atoms with Crippen molar-refractivity contribution < 1.29 is 8.42 Å². The fourth-order valence-corrected chi connectivity index (χ4v) is 3.15. The first-order chi connectivity index (χ1) is 8.57. The molecule has 1 aromatic rings. The summed E-state index contributed by atoms with van der Waals surface area (Å²) in [6.07, 6.45) is 1.69. The summed E-state index contributed by atoms with van der Waals surface area (Å²) in [5, 5.41) is 11.3. The van der Waals surface area contributed by atoms with Gasteiger partial charge in [-0.25, -0.2) is 13.4 Å². The van der Waals surface area contributed by atoms with E-state index in [1.165, 1.54) is 16.6 Å². The average molecular weight is 268 g/mol. The summed E-state index contributed by atoms with van der Waals surface area (Å²) in [6, 6.07) is 5.03. The monoisotopic (exact) mass is 268 g/mol. The van der Waals surface area contributed by atoms with Crippen molar-refractivity contribution in [3.63, 3.8) is 0 Å². The second-order valence-electron chi connectivity index (χ2n) is 3.50. The van der Waals surface area contributed by atoms with E-state index in [9.17, 15) is 8.42 Å². The summed E-state index contributed by atoms with van der Waals surface area (Å²) in [4.78, 5) is 4.11. The maximum atomic E-state index is 12.4. The fourth-order valence-electron chi connectivity index (χ4n) is 1.55. The number of nitriles is 1. The van der Waals surface area contributed by atoms with Crippen molar-refractivity contribution in [1.29, 1.82) is 5.26 Å². The third-order valence-electron chi connectivity index (χ3n) is 2.45. The SMILES string of the molecule is CCN(CCC#N)S(=O)(=O)c1cccnc1NC. The van der Waals surface area contributed by atoms with Gasteiger partial charge in [-0.1, -0.05) is 6.92 Å². The molecule has 0 unspecified atom stereocenters. The molecule has 0 spiro atoms. The van der Waals surface area contributed by atoms with Crippen molar-refractivity contribution >= 4 is 15.8 Å². The van der Waals surface area contributed by atoms with Crippen molar-refractivity contribution in [2.45, 2.75) is 18.2 Å². The molecule has 0 saturated carbocycles. The largest absolute Gasteiger partial charge is 0.372 e. The minimum atomic E-state index is -3.61. The minimum absolute atomic E-state index is 0.132. The van der Waals surface area contributed by atoms with Crippen LogP contribution in [-0.4, -0.2) is 37.8 Å². The molecule has 0 aromatic carbocycles. The van der Waals surface area contributed by atoms with E-state index < -0.39 is 10.0 Å². The topological polar surface area (TPSA) is 86.1 Å². The molecule has 0 aliphatic heterocycles. The second kappa shape index (κ2) is 6.33. The van der Waals surface area contributed by atoms with Gasteiger partial charge >= 0.3 is 0 Å². The Labute approximate surface area is 107 Å². The van der Waals surface area contributed by atoms with Crippen LogP contribution in [0.3, 0.4) is 0 Å². The lowest BCUT2D eigenvalue weighted by Crippen LogP contribution is -2.32. The van der Waals surface area contributed by atoms with Gasteiger partial charge < -0.3 is 5.32 Å². The van der Waals surface area contributed by atoms with Crippen LogP contribution in [0.2, 0.25) is 0 Å². The van der Waals surface area contributed by atoms with Crippen molar-refractivity contribution in [1.82, 2.24) is 9.29 Å². The normalized spacial score (nSPS) is 11.2. The Balaban J connectivity index is 3.15. The second-order valence-corrected chi connectivity index (χ2v) is 5.41. The summed E-state index contributed by atoms with van der Waals surface area (Å²) in [6.45, 7) is 2.25. The van der Waals surface area contributed by atoms with E-state index in [1.54, 1.807) is 20.0 Å². The van der Waals surface area contributed by atoms with Crippen LogP contribution >= 0.6 is 0 Å². The molecule has 7 heteroatoms. The van der Waals surface area contributed by atoms with E-state index in [0.29, 0.717) is 12.4 Å². The van der Waals surface area contributed by atoms with Crippen molar-refractivity contribution in [2.75, 3.05) is 25.5 Å². The van der Waals surface area contributed by atoms with Crippen LogP contribution < -0.4 is 5.32 Å². The third kappa shape index (κ3) is 2.97. The van der Waals surface area contributed by atoms with Crippen LogP contribution in [0.4, 0.5) is 5.82 Å². The average Bonchev–Trinajstić information content (AvgIpc) is 2.39. The summed E-state index contributed by atoms with van der Waals surface area (Å²) in [5.74, 6) is 0.313. The van der Waals surface area contributed by atoms with Crippen molar-refractivity contribution in [3.05, 3.63) is 18.3 Å². The molecule has 1 rings (SSSR count). The highest BCUT2D eigenvalue weighted by molar-refractivity contribution is 7.89. The van der Waals surface area contributed by atoms with E-state index >= 15 is 0 Å². The van der Waals surface area contributed by atoms with Gasteiger partial charge in [0.05, 0.1) is 6.07 Å². The number of nitrogens with zero attached hydrogens (tertiary/aromatic N) is 3. The molecule has 0 radical (unpaired) electrons. The Morgan fingerprint density at radius 1 is 1.56 bits per heavy atom. The van der Waals surface area contributed by atoms with Crippen molar-refractivity contribution in [2.24, 2.45) is 0 Å². The highest BCUT2D eigenvalue weighted by atomic mass is 32.2. The Morgan fingerprint density at radius 3 is 2.83 bits per heavy atom. The first kappa shape index (κ1) is 14.4. The number of sulfonamides is 1. The van der Waals surface area contributed by atoms with E-state index in [2.05, 4.69) is 10.3 Å². The number of nitrogens with one attached hydrogen (secondary N) is 1. The van der Waals surface area contributed by atoms with Gasteiger partial charge in [0.1, 0.15) is 10.7 Å². The van der Waals surface area contributed by atoms with Gasteiger partial charge in [0.2, 0.25) is 10.0 Å². The molecule has 0 aliphatic carbocycles. The molecule has 0 bridgehead atoms. The summed E-state index contributed by atoms with van der Waals surface area (Å²) < 4.78 is 26.0. The molecule has 1 N–H and O–H groups in total. The standard InChI is InChI=1S/C11H16N4O2S/c1-3-15(9-5-7-12)18(16,17)10-6-4-8-14-11(10)13-2/h4,6,8H,3,5,9H2,1-2H3,(H,13,14). The number of aromatic nitrogens is 1. The van der Waals surface area contributed by atoms with Gasteiger partial charge in [-0.3, -0.25) is 0 Å². The molecule has 0 amide bonds. The lowest BCUT2D eigenvalue weighted by atomic mass is 10.4. The van der Waals surface area contributed by atoms with Crippen LogP contribution in [0.5, 0.6) is 0 Å². The van der Waals surface area contributed by atoms with E-state index in [-0.39, 0.29) is 17.9 Å². The molecule has 0 saturated heterocycles. The smallest absolute Gasteiger partial charge is 0.246 e. The zero-order chi connectivity index (χ0) is 13.6. The number of anilines is 1. The van der Waals surface area contributed by atoms with Crippen molar-refractivity contribution in [3.8, 4) is 6.07 Å². The first-order valence-electron chi connectivity index (χ1n) is 5.57. The van der Waals surface area contributed by atoms with E-state index in [1.807, 2.05) is 6.07 Å². The van der Waals surface area contributed by atoms with Gasteiger partial charge in [0, 0.05) is 32.8 Å². The quantitative estimate of drug-likeness (QED) is 0.833. The van der Waals surface area contributed by atoms with Crippen LogP contribution in [0.15, 0.2) is 23.2 Å². The summed E-state index contributed by atoms with van der Waals surface area (Å²) in [5.41, 5.74) is 0. The van der Waals surface area contributed by atoms with Crippen LogP contribution in [-0.2, 0) is 10.0 Å². The van der Waals surface area contributed by atoms with Crippen LogP contribution in [0.1, 0.15) is 13.3 Å². The predicted molar refractivity (Wildman–Crippen MR) is 68.4 cm³/mol.